The molecule has 1 aliphatic rings. The van der Waals surface area contributed by atoms with Crippen molar-refractivity contribution >= 4 is 5.97 Å². The van der Waals surface area contributed by atoms with E-state index in [0.29, 0.717) is 13.1 Å². The second-order valence-corrected chi connectivity index (χ2v) is 4.89. The molecule has 1 aromatic rings. The Hall–Kier alpha value is -1.46. The SMILES string of the molecule is CN1CCN(Cc2ccncc2)CC(C(=O)O)C1. The van der Waals surface area contributed by atoms with E-state index in [1.54, 1.807) is 12.4 Å². The highest BCUT2D eigenvalue weighted by Gasteiger charge is 2.25. The van der Waals surface area contributed by atoms with Crippen molar-refractivity contribution in [1.29, 1.82) is 0 Å². The molecule has 1 unspecified atom stereocenters. The van der Waals surface area contributed by atoms with Gasteiger partial charge < -0.3 is 10.0 Å². The molecule has 1 aromatic heterocycles. The number of carboxylic acid groups (broad SMARTS) is 1. The van der Waals surface area contributed by atoms with Crippen LogP contribution in [0.2, 0.25) is 0 Å². The molecule has 18 heavy (non-hydrogen) atoms. The van der Waals surface area contributed by atoms with Crippen LogP contribution in [-0.4, -0.2) is 59.1 Å². The predicted octanol–water partition coefficient (Wildman–Crippen LogP) is 0.530. The topological polar surface area (TPSA) is 56.7 Å². The van der Waals surface area contributed by atoms with E-state index in [4.69, 9.17) is 0 Å². The Bertz CT molecular complexity index is 396. The summed E-state index contributed by atoms with van der Waals surface area (Å²) in [6, 6.07) is 3.95. The van der Waals surface area contributed by atoms with Gasteiger partial charge in [-0.15, -0.1) is 0 Å². The molecule has 1 saturated heterocycles. The maximum Gasteiger partial charge on any atom is 0.309 e. The Labute approximate surface area is 107 Å². The van der Waals surface area contributed by atoms with Crippen molar-refractivity contribution in [3.05, 3.63) is 30.1 Å². The molecule has 0 aliphatic carbocycles. The summed E-state index contributed by atoms with van der Waals surface area (Å²) in [6.07, 6.45) is 3.54. The lowest BCUT2D eigenvalue weighted by Gasteiger charge is -2.21. The normalized spacial score (nSPS) is 22.6. The van der Waals surface area contributed by atoms with Gasteiger partial charge in [0, 0.05) is 45.1 Å². The van der Waals surface area contributed by atoms with E-state index in [2.05, 4.69) is 14.8 Å². The van der Waals surface area contributed by atoms with E-state index in [9.17, 15) is 9.90 Å². The lowest BCUT2D eigenvalue weighted by molar-refractivity contribution is -0.142. The molecule has 5 nitrogen and oxygen atoms in total. The standard InChI is InChI=1S/C13H19N3O2/c1-15-6-7-16(10-12(9-15)13(17)18)8-11-2-4-14-5-3-11/h2-5,12H,6-10H2,1H3,(H,17,18). The van der Waals surface area contributed by atoms with Crippen LogP contribution >= 0.6 is 0 Å². The number of carboxylic acids is 1. The molecule has 2 rings (SSSR count). The lowest BCUT2D eigenvalue weighted by atomic mass is 10.1. The van der Waals surface area contributed by atoms with E-state index in [1.165, 1.54) is 5.56 Å². The third-order valence-electron chi connectivity index (χ3n) is 3.31. The third-order valence-corrected chi connectivity index (χ3v) is 3.31. The zero-order valence-electron chi connectivity index (χ0n) is 10.6. The largest absolute Gasteiger partial charge is 0.481 e. The average Bonchev–Trinajstić information content (AvgIpc) is 2.53. The Morgan fingerprint density at radius 1 is 1.39 bits per heavy atom. The van der Waals surface area contributed by atoms with Crippen molar-refractivity contribution in [2.24, 2.45) is 5.92 Å². The molecule has 0 radical (unpaired) electrons. The summed E-state index contributed by atoms with van der Waals surface area (Å²) in [6.45, 7) is 3.85. The van der Waals surface area contributed by atoms with Gasteiger partial charge >= 0.3 is 5.97 Å². The molecule has 1 fully saturated rings. The Kier molecular flexibility index (Phi) is 4.28. The van der Waals surface area contributed by atoms with Crippen LogP contribution < -0.4 is 0 Å². The Balaban J connectivity index is 2.01. The summed E-state index contributed by atoms with van der Waals surface area (Å²) in [7, 11) is 1.98. The minimum Gasteiger partial charge on any atom is -0.481 e. The predicted molar refractivity (Wildman–Crippen MR) is 68.1 cm³/mol. The van der Waals surface area contributed by atoms with Crippen LogP contribution in [0.15, 0.2) is 24.5 Å². The molecule has 0 saturated carbocycles. The van der Waals surface area contributed by atoms with Gasteiger partial charge in [0.1, 0.15) is 0 Å². The van der Waals surface area contributed by atoms with Crippen molar-refractivity contribution in [2.45, 2.75) is 6.54 Å². The van der Waals surface area contributed by atoms with Gasteiger partial charge in [0.2, 0.25) is 0 Å². The molecule has 2 heterocycles. The highest BCUT2D eigenvalue weighted by molar-refractivity contribution is 5.70. The van der Waals surface area contributed by atoms with Crippen LogP contribution in [0.25, 0.3) is 0 Å². The first-order chi connectivity index (χ1) is 8.65. The van der Waals surface area contributed by atoms with Crippen LogP contribution in [0.3, 0.4) is 0 Å². The fourth-order valence-electron chi connectivity index (χ4n) is 2.29. The van der Waals surface area contributed by atoms with Crippen molar-refractivity contribution in [3.8, 4) is 0 Å². The number of nitrogens with zero attached hydrogens (tertiary/aromatic N) is 3. The van der Waals surface area contributed by atoms with Crippen LogP contribution in [0, 0.1) is 5.92 Å². The van der Waals surface area contributed by atoms with Crippen molar-refractivity contribution in [2.75, 3.05) is 33.2 Å². The van der Waals surface area contributed by atoms with E-state index in [1.807, 2.05) is 19.2 Å². The minimum absolute atomic E-state index is 0.306. The Morgan fingerprint density at radius 2 is 2.11 bits per heavy atom. The second kappa shape index (κ2) is 5.93. The zero-order chi connectivity index (χ0) is 13.0. The molecule has 0 bridgehead atoms. The van der Waals surface area contributed by atoms with Gasteiger partial charge in [-0.1, -0.05) is 0 Å². The summed E-state index contributed by atoms with van der Waals surface area (Å²) in [5.41, 5.74) is 1.18. The number of pyridine rings is 1. The highest BCUT2D eigenvalue weighted by Crippen LogP contribution is 2.12. The lowest BCUT2D eigenvalue weighted by Crippen LogP contribution is -2.33. The van der Waals surface area contributed by atoms with E-state index >= 15 is 0 Å². The third kappa shape index (κ3) is 3.51. The van der Waals surface area contributed by atoms with Crippen molar-refractivity contribution in [1.82, 2.24) is 14.8 Å². The maximum absolute atomic E-state index is 11.2. The van der Waals surface area contributed by atoms with Gasteiger partial charge in [0.05, 0.1) is 5.92 Å². The molecule has 0 spiro atoms. The molecular weight excluding hydrogens is 230 g/mol. The number of likely N-dealkylation sites (N-methyl/N-ethyl adjacent to an activating group) is 1. The quantitative estimate of drug-likeness (QED) is 0.847. The van der Waals surface area contributed by atoms with Crippen molar-refractivity contribution in [3.63, 3.8) is 0 Å². The molecular formula is C13H19N3O2. The molecule has 0 amide bonds. The number of hydrogen-bond acceptors (Lipinski definition) is 4. The van der Waals surface area contributed by atoms with E-state index in [0.717, 1.165) is 19.6 Å². The van der Waals surface area contributed by atoms with Gasteiger partial charge in [-0.25, -0.2) is 0 Å². The summed E-state index contributed by atoms with van der Waals surface area (Å²) in [5.74, 6) is -1.01. The molecule has 1 atom stereocenters. The summed E-state index contributed by atoms with van der Waals surface area (Å²) in [4.78, 5) is 19.5. The molecule has 98 valence electrons. The van der Waals surface area contributed by atoms with Crippen molar-refractivity contribution < 1.29 is 9.90 Å². The number of carbonyl (C=O) groups is 1. The first-order valence-electron chi connectivity index (χ1n) is 6.18. The first-order valence-corrected chi connectivity index (χ1v) is 6.18. The Morgan fingerprint density at radius 3 is 2.78 bits per heavy atom. The zero-order valence-corrected chi connectivity index (χ0v) is 10.6. The van der Waals surface area contributed by atoms with Crippen LogP contribution in [0.1, 0.15) is 5.56 Å². The summed E-state index contributed by atoms with van der Waals surface area (Å²) < 4.78 is 0. The molecule has 5 heteroatoms. The number of aliphatic carboxylic acids is 1. The second-order valence-electron chi connectivity index (χ2n) is 4.89. The molecule has 0 aromatic carbocycles. The number of aromatic nitrogens is 1. The molecule has 1 aliphatic heterocycles. The van der Waals surface area contributed by atoms with Gasteiger partial charge in [0.25, 0.3) is 0 Å². The molecule has 1 N–H and O–H groups in total. The van der Waals surface area contributed by atoms with Crippen LogP contribution in [0.5, 0.6) is 0 Å². The number of rotatable bonds is 3. The smallest absolute Gasteiger partial charge is 0.309 e. The van der Waals surface area contributed by atoms with Gasteiger partial charge in [0.15, 0.2) is 0 Å². The average molecular weight is 249 g/mol. The maximum atomic E-state index is 11.2. The van der Waals surface area contributed by atoms with Gasteiger partial charge in [-0.05, 0) is 24.7 Å². The summed E-state index contributed by atoms with van der Waals surface area (Å²) >= 11 is 0. The minimum atomic E-state index is -0.705. The van der Waals surface area contributed by atoms with Gasteiger partial charge in [-0.3, -0.25) is 14.7 Å². The highest BCUT2D eigenvalue weighted by atomic mass is 16.4. The summed E-state index contributed by atoms with van der Waals surface area (Å²) in [5, 5.41) is 9.20. The van der Waals surface area contributed by atoms with E-state index < -0.39 is 5.97 Å². The van der Waals surface area contributed by atoms with Gasteiger partial charge in [-0.2, -0.15) is 0 Å². The monoisotopic (exact) mass is 249 g/mol. The fourth-order valence-corrected chi connectivity index (χ4v) is 2.29. The first kappa shape index (κ1) is 13.0. The fraction of sp³-hybridized carbons (Fsp3) is 0.538. The number of hydrogen-bond donors (Lipinski definition) is 1. The van der Waals surface area contributed by atoms with Crippen LogP contribution in [0.4, 0.5) is 0 Å². The van der Waals surface area contributed by atoms with E-state index in [-0.39, 0.29) is 5.92 Å². The van der Waals surface area contributed by atoms with Crippen LogP contribution in [-0.2, 0) is 11.3 Å².